The van der Waals surface area contributed by atoms with E-state index in [0.29, 0.717) is 30.0 Å². The fraction of sp³-hybridized carbons (Fsp3) is 0.357. The molecule has 24 heavy (non-hydrogen) atoms. The highest BCUT2D eigenvalue weighted by atomic mass is 32.1. The van der Waals surface area contributed by atoms with Crippen molar-refractivity contribution in [1.29, 1.82) is 0 Å². The van der Waals surface area contributed by atoms with Gasteiger partial charge in [-0.2, -0.15) is 13.2 Å². The number of carbonyl (C=O) groups is 1. The van der Waals surface area contributed by atoms with Crippen LogP contribution in [0.1, 0.15) is 10.6 Å². The molecule has 1 saturated heterocycles. The van der Waals surface area contributed by atoms with Crippen LogP contribution in [0.25, 0.3) is 0 Å². The Morgan fingerprint density at radius 3 is 2.62 bits per heavy atom. The van der Waals surface area contributed by atoms with Gasteiger partial charge >= 0.3 is 6.18 Å². The smallest absolute Gasteiger partial charge is 0.336 e. The first-order valence-corrected chi connectivity index (χ1v) is 7.82. The van der Waals surface area contributed by atoms with Crippen molar-refractivity contribution in [3.05, 3.63) is 40.7 Å². The van der Waals surface area contributed by atoms with Crippen LogP contribution in [0.2, 0.25) is 0 Å². The summed E-state index contributed by atoms with van der Waals surface area (Å²) in [4.78, 5) is 15.2. The molecule has 0 saturated carbocycles. The number of piperazine rings is 1. The lowest BCUT2D eigenvalue weighted by molar-refractivity contribution is -0.138. The van der Waals surface area contributed by atoms with E-state index in [1.165, 1.54) is 21.9 Å². The molecule has 1 aromatic heterocycles. The molecule has 3 rings (SSSR count). The molecule has 0 unspecified atom stereocenters. The van der Waals surface area contributed by atoms with Gasteiger partial charge in [-0.1, -0.05) is 23.5 Å². The lowest BCUT2D eigenvalue weighted by Crippen LogP contribution is -2.50. The molecule has 2 aromatic rings. The minimum absolute atomic E-state index is 0.0704. The van der Waals surface area contributed by atoms with Crippen molar-refractivity contribution in [2.24, 2.45) is 0 Å². The van der Waals surface area contributed by atoms with Crippen LogP contribution in [0.4, 0.5) is 22.7 Å². The van der Waals surface area contributed by atoms with E-state index in [0.717, 1.165) is 0 Å². The molecular formula is C14H12F4N4OS. The van der Waals surface area contributed by atoms with Gasteiger partial charge in [-0.3, -0.25) is 4.79 Å². The quantitative estimate of drug-likeness (QED) is 0.790. The van der Waals surface area contributed by atoms with Crippen molar-refractivity contribution in [3.8, 4) is 0 Å². The van der Waals surface area contributed by atoms with E-state index >= 15 is 0 Å². The van der Waals surface area contributed by atoms with Crippen LogP contribution in [0.3, 0.4) is 0 Å². The van der Waals surface area contributed by atoms with Crippen LogP contribution in [0.5, 0.6) is 0 Å². The number of nitrogens with zero attached hydrogens (tertiary/aromatic N) is 4. The van der Waals surface area contributed by atoms with Gasteiger partial charge in [0.05, 0.1) is 6.54 Å². The Morgan fingerprint density at radius 1 is 1.21 bits per heavy atom. The first kappa shape index (κ1) is 16.6. The fourth-order valence-electron chi connectivity index (χ4n) is 2.35. The predicted octanol–water partition coefficient (Wildman–Crippen LogP) is 2.54. The van der Waals surface area contributed by atoms with Crippen molar-refractivity contribution < 1.29 is 22.4 Å². The molecule has 0 spiro atoms. The van der Waals surface area contributed by atoms with Crippen molar-refractivity contribution in [3.63, 3.8) is 0 Å². The highest BCUT2D eigenvalue weighted by Crippen LogP contribution is 2.34. The van der Waals surface area contributed by atoms with Crippen LogP contribution in [0.15, 0.2) is 24.3 Å². The maximum Gasteiger partial charge on any atom is 0.445 e. The Bertz CT molecular complexity index is 748. The zero-order valence-electron chi connectivity index (χ0n) is 12.3. The number of hydrogen-bond acceptors (Lipinski definition) is 5. The molecule has 5 nitrogen and oxygen atoms in total. The summed E-state index contributed by atoms with van der Waals surface area (Å²) in [7, 11) is 0. The summed E-state index contributed by atoms with van der Waals surface area (Å²) in [5, 5.41) is 5.67. The van der Waals surface area contributed by atoms with E-state index < -0.39 is 11.2 Å². The monoisotopic (exact) mass is 360 g/mol. The number of amides is 1. The van der Waals surface area contributed by atoms with E-state index in [2.05, 4.69) is 10.2 Å². The standard InChI is InChI=1S/C14H12F4N4OS/c15-10-3-1-2-9(6-10)7-21-4-5-22(8-11(21)23)13-20-19-12(24-13)14(16,17)18/h1-3,6H,4-5,7-8H2. The number of benzene rings is 1. The van der Waals surface area contributed by atoms with Gasteiger partial charge < -0.3 is 9.80 Å². The summed E-state index contributed by atoms with van der Waals surface area (Å²) in [6.07, 6.45) is -4.54. The fourth-order valence-corrected chi connectivity index (χ4v) is 3.09. The number of aromatic nitrogens is 2. The molecule has 1 amide bonds. The van der Waals surface area contributed by atoms with E-state index in [-0.39, 0.29) is 29.9 Å². The van der Waals surface area contributed by atoms with Gasteiger partial charge in [-0.05, 0) is 17.7 Å². The normalized spacial score (nSPS) is 15.9. The van der Waals surface area contributed by atoms with Crippen LogP contribution < -0.4 is 4.90 Å². The lowest BCUT2D eigenvalue weighted by atomic mass is 10.2. The molecule has 0 atom stereocenters. The maximum atomic E-state index is 13.2. The average molecular weight is 360 g/mol. The molecule has 1 fully saturated rings. The third kappa shape index (κ3) is 3.64. The van der Waals surface area contributed by atoms with Crippen molar-refractivity contribution in [1.82, 2.24) is 15.1 Å². The Kier molecular flexibility index (Phi) is 4.39. The van der Waals surface area contributed by atoms with Gasteiger partial charge in [0.15, 0.2) is 0 Å². The second kappa shape index (κ2) is 6.34. The highest BCUT2D eigenvalue weighted by molar-refractivity contribution is 7.15. The summed E-state index contributed by atoms with van der Waals surface area (Å²) >= 11 is 0.414. The van der Waals surface area contributed by atoms with Crippen LogP contribution in [-0.4, -0.2) is 40.6 Å². The Hall–Kier alpha value is -2.23. The van der Waals surface area contributed by atoms with Crippen LogP contribution in [-0.2, 0) is 17.5 Å². The molecular weight excluding hydrogens is 348 g/mol. The average Bonchev–Trinajstić information content (AvgIpc) is 2.99. The molecule has 1 aliphatic heterocycles. The molecule has 0 bridgehead atoms. The van der Waals surface area contributed by atoms with Crippen LogP contribution >= 0.6 is 11.3 Å². The van der Waals surface area contributed by atoms with Crippen molar-refractivity contribution >= 4 is 22.4 Å². The molecule has 10 heteroatoms. The Morgan fingerprint density at radius 2 is 2.00 bits per heavy atom. The number of rotatable bonds is 3. The van der Waals surface area contributed by atoms with E-state index in [1.807, 2.05) is 0 Å². The first-order valence-electron chi connectivity index (χ1n) is 7.01. The second-order valence-electron chi connectivity index (χ2n) is 5.25. The van der Waals surface area contributed by atoms with Crippen molar-refractivity contribution in [2.75, 3.05) is 24.5 Å². The number of carbonyl (C=O) groups excluding carboxylic acids is 1. The van der Waals surface area contributed by atoms with E-state index in [4.69, 9.17) is 0 Å². The minimum Gasteiger partial charge on any atom is -0.336 e. The van der Waals surface area contributed by atoms with Gasteiger partial charge in [-0.15, -0.1) is 10.2 Å². The topological polar surface area (TPSA) is 49.3 Å². The zero-order chi connectivity index (χ0) is 17.3. The van der Waals surface area contributed by atoms with Gasteiger partial charge in [0.25, 0.3) is 0 Å². The molecule has 0 radical (unpaired) electrons. The number of halogens is 4. The summed E-state index contributed by atoms with van der Waals surface area (Å²) in [5.41, 5.74) is 0.659. The summed E-state index contributed by atoms with van der Waals surface area (Å²) in [6, 6.07) is 5.94. The lowest BCUT2D eigenvalue weighted by Gasteiger charge is -2.34. The van der Waals surface area contributed by atoms with Gasteiger partial charge in [0.2, 0.25) is 16.0 Å². The van der Waals surface area contributed by atoms with Gasteiger partial charge in [0, 0.05) is 19.6 Å². The number of hydrogen-bond donors (Lipinski definition) is 0. The predicted molar refractivity (Wildman–Crippen MR) is 78.9 cm³/mol. The van der Waals surface area contributed by atoms with E-state index in [9.17, 15) is 22.4 Å². The Balaban J connectivity index is 1.65. The second-order valence-corrected chi connectivity index (χ2v) is 6.21. The molecule has 0 N–H and O–H groups in total. The summed E-state index contributed by atoms with van der Waals surface area (Å²) in [5.74, 6) is -0.638. The van der Waals surface area contributed by atoms with Crippen LogP contribution in [0, 0.1) is 5.82 Å². The van der Waals surface area contributed by atoms with Gasteiger partial charge in [-0.25, -0.2) is 4.39 Å². The first-order chi connectivity index (χ1) is 11.3. The van der Waals surface area contributed by atoms with Gasteiger partial charge in [0.1, 0.15) is 5.82 Å². The highest BCUT2D eigenvalue weighted by Gasteiger charge is 2.37. The Labute approximate surface area is 138 Å². The molecule has 0 aliphatic carbocycles. The van der Waals surface area contributed by atoms with Crippen molar-refractivity contribution in [2.45, 2.75) is 12.7 Å². The van der Waals surface area contributed by atoms with E-state index in [1.54, 1.807) is 12.1 Å². The molecule has 1 aromatic carbocycles. The SMILES string of the molecule is O=C1CN(c2nnc(C(F)(F)F)s2)CCN1Cc1cccc(F)c1. The maximum absolute atomic E-state index is 13.2. The summed E-state index contributed by atoms with van der Waals surface area (Å²) in [6.45, 7) is 0.833. The minimum atomic E-state index is -4.54. The number of alkyl halides is 3. The molecule has 1 aliphatic rings. The third-order valence-electron chi connectivity index (χ3n) is 3.51. The zero-order valence-corrected chi connectivity index (χ0v) is 13.1. The number of anilines is 1. The molecule has 128 valence electrons. The summed E-state index contributed by atoms with van der Waals surface area (Å²) < 4.78 is 50.9. The third-order valence-corrected chi connectivity index (χ3v) is 4.54. The largest absolute Gasteiger partial charge is 0.445 e. The molecule has 2 heterocycles.